The van der Waals surface area contributed by atoms with Gasteiger partial charge in [-0.15, -0.1) is 11.3 Å². The molecule has 2 heterocycles. The van der Waals surface area contributed by atoms with E-state index in [1.807, 2.05) is 41.7 Å². The predicted octanol–water partition coefficient (Wildman–Crippen LogP) is 4.71. The Morgan fingerprint density at radius 3 is 2.53 bits per heavy atom. The van der Waals surface area contributed by atoms with Gasteiger partial charge in [-0.25, -0.2) is 0 Å². The van der Waals surface area contributed by atoms with Gasteiger partial charge in [-0.05, 0) is 54.1 Å². The highest BCUT2D eigenvalue weighted by molar-refractivity contribution is 7.09. The number of hydrogen-bond acceptors (Lipinski definition) is 4. The summed E-state index contributed by atoms with van der Waals surface area (Å²) in [4.78, 5) is 16.9. The lowest BCUT2D eigenvalue weighted by Crippen LogP contribution is -2.50. The summed E-state index contributed by atoms with van der Waals surface area (Å²) in [6.07, 6.45) is 2.42. The molecule has 2 atom stereocenters. The number of carbonyl (C=O) groups is 1. The minimum atomic E-state index is -0.115. The van der Waals surface area contributed by atoms with Crippen LogP contribution in [0.5, 0.6) is 0 Å². The zero-order chi connectivity index (χ0) is 22.0. The van der Waals surface area contributed by atoms with Crippen LogP contribution in [0.3, 0.4) is 0 Å². The lowest BCUT2D eigenvalue weighted by molar-refractivity contribution is -0.122. The van der Waals surface area contributed by atoms with E-state index in [4.69, 9.17) is 4.74 Å². The van der Waals surface area contributed by atoms with Gasteiger partial charge in [0, 0.05) is 23.9 Å². The average molecular weight is 447 g/mol. The van der Waals surface area contributed by atoms with Crippen LogP contribution in [0.1, 0.15) is 40.5 Å². The molecule has 0 radical (unpaired) electrons. The van der Waals surface area contributed by atoms with Crippen LogP contribution in [0.2, 0.25) is 0 Å². The zero-order valence-corrected chi connectivity index (χ0v) is 19.3. The van der Waals surface area contributed by atoms with Gasteiger partial charge < -0.3 is 10.1 Å². The molecule has 1 aliphatic carbocycles. The van der Waals surface area contributed by atoms with Crippen LogP contribution in [-0.4, -0.2) is 37.1 Å². The van der Waals surface area contributed by atoms with Crippen LogP contribution in [0.25, 0.3) is 0 Å². The summed E-state index contributed by atoms with van der Waals surface area (Å²) < 4.78 is 6.16. The quantitative estimate of drug-likeness (QED) is 0.596. The van der Waals surface area contributed by atoms with Gasteiger partial charge in [0.1, 0.15) is 0 Å². The van der Waals surface area contributed by atoms with Gasteiger partial charge in [0.2, 0.25) is 5.91 Å². The first kappa shape index (κ1) is 21.4. The van der Waals surface area contributed by atoms with Crippen molar-refractivity contribution in [3.05, 3.63) is 93.7 Å². The maximum absolute atomic E-state index is 13.0. The summed E-state index contributed by atoms with van der Waals surface area (Å²) in [6, 6.07) is 22.8. The van der Waals surface area contributed by atoms with Gasteiger partial charge in [0.15, 0.2) is 0 Å². The molecule has 1 aromatic heterocycles. The van der Waals surface area contributed by atoms with Crippen LogP contribution in [-0.2, 0) is 27.9 Å². The van der Waals surface area contributed by atoms with Gasteiger partial charge in [-0.3, -0.25) is 9.69 Å². The lowest BCUT2D eigenvalue weighted by atomic mass is 9.72. The van der Waals surface area contributed by atoms with Crippen molar-refractivity contribution in [1.82, 2.24) is 10.2 Å². The molecule has 2 aliphatic rings. The van der Waals surface area contributed by atoms with Crippen molar-refractivity contribution in [3.8, 4) is 0 Å². The smallest absolute Gasteiger partial charge is 0.224 e. The highest BCUT2D eigenvalue weighted by Crippen LogP contribution is 2.52. The van der Waals surface area contributed by atoms with Gasteiger partial charge in [-0.2, -0.15) is 0 Å². The molecule has 1 saturated heterocycles. The minimum absolute atomic E-state index is 0.0465. The summed E-state index contributed by atoms with van der Waals surface area (Å²) in [7, 11) is 1.80. The van der Waals surface area contributed by atoms with Crippen molar-refractivity contribution in [3.63, 3.8) is 0 Å². The zero-order valence-electron chi connectivity index (χ0n) is 18.5. The summed E-state index contributed by atoms with van der Waals surface area (Å²) in [6.45, 7) is 3.10. The number of hydrogen-bond donors (Lipinski definition) is 1. The molecule has 5 rings (SSSR count). The van der Waals surface area contributed by atoms with Crippen molar-refractivity contribution in [2.45, 2.75) is 43.4 Å². The first-order valence-electron chi connectivity index (χ1n) is 11.4. The summed E-state index contributed by atoms with van der Waals surface area (Å²) in [5, 5.41) is 5.48. The van der Waals surface area contributed by atoms with E-state index < -0.39 is 0 Å². The molecule has 1 amide bonds. The van der Waals surface area contributed by atoms with E-state index in [0.29, 0.717) is 6.42 Å². The third-order valence-electron chi connectivity index (χ3n) is 7.17. The number of benzene rings is 2. The molecule has 1 N–H and O–H groups in total. The number of nitrogens with one attached hydrogen (secondary N) is 1. The van der Waals surface area contributed by atoms with E-state index in [2.05, 4.69) is 52.0 Å². The molecule has 2 aromatic carbocycles. The Morgan fingerprint density at radius 2 is 1.81 bits per heavy atom. The molecule has 1 aliphatic heterocycles. The molecule has 3 aromatic rings. The van der Waals surface area contributed by atoms with Crippen molar-refractivity contribution in [1.29, 1.82) is 0 Å². The number of piperidine rings is 1. The molecule has 4 nitrogen and oxygen atoms in total. The number of rotatable bonds is 6. The maximum Gasteiger partial charge on any atom is 0.224 e. The lowest BCUT2D eigenvalue weighted by Gasteiger charge is -2.44. The Balaban J connectivity index is 1.35. The monoisotopic (exact) mass is 446 g/mol. The van der Waals surface area contributed by atoms with E-state index in [1.54, 1.807) is 7.11 Å². The Hall–Kier alpha value is -2.47. The van der Waals surface area contributed by atoms with Crippen LogP contribution in [0.4, 0.5) is 0 Å². The van der Waals surface area contributed by atoms with Crippen LogP contribution in [0.15, 0.2) is 72.1 Å². The van der Waals surface area contributed by atoms with E-state index in [9.17, 15) is 4.79 Å². The molecular weight excluding hydrogens is 416 g/mol. The Morgan fingerprint density at radius 1 is 1.06 bits per heavy atom. The molecule has 1 fully saturated rings. The first-order chi connectivity index (χ1) is 15.7. The predicted molar refractivity (Wildman–Crippen MR) is 129 cm³/mol. The fraction of sp³-hybridized carbons (Fsp3) is 0.370. The third kappa shape index (κ3) is 4.01. The van der Waals surface area contributed by atoms with Gasteiger partial charge >= 0.3 is 0 Å². The molecule has 0 saturated carbocycles. The van der Waals surface area contributed by atoms with Crippen molar-refractivity contribution in [2.24, 2.45) is 0 Å². The van der Waals surface area contributed by atoms with E-state index in [0.717, 1.165) is 38.0 Å². The molecule has 166 valence electrons. The van der Waals surface area contributed by atoms with Crippen molar-refractivity contribution < 1.29 is 9.53 Å². The average Bonchev–Trinajstić information content (AvgIpc) is 3.41. The highest BCUT2D eigenvalue weighted by atomic mass is 32.1. The summed E-state index contributed by atoms with van der Waals surface area (Å²) in [5.41, 5.74) is 3.55. The molecular formula is C27H30N2O2S. The number of amides is 1. The van der Waals surface area contributed by atoms with E-state index in [-0.39, 0.29) is 23.5 Å². The molecule has 1 spiro atoms. The second-order valence-electron chi connectivity index (χ2n) is 8.96. The van der Waals surface area contributed by atoms with Gasteiger partial charge in [0.05, 0.1) is 18.6 Å². The fourth-order valence-electron chi connectivity index (χ4n) is 5.66. The standard InChI is InChI=1S/C27H30N2O2S/c1-31-26-25(28-24(30)18-20-8-3-2-4-9-20)22-11-5-6-12-23(22)27(26)13-15-29(16-14-27)19-21-10-7-17-32-21/h2-12,17,25-26H,13-16,18-19H2,1H3,(H,28,30)/t25-,26+/m0/s1. The van der Waals surface area contributed by atoms with Crippen LogP contribution >= 0.6 is 11.3 Å². The summed E-state index contributed by atoms with van der Waals surface area (Å²) >= 11 is 1.83. The van der Waals surface area contributed by atoms with Crippen LogP contribution < -0.4 is 5.32 Å². The number of fused-ring (bicyclic) bond motifs is 2. The van der Waals surface area contributed by atoms with Gasteiger partial charge in [0.25, 0.3) is 0 Å². The van der Waals surface area contributed by atoms with Crippen molar-refractivity contribution in [2.75, 3.05) is 20.2 Å². The second kappa shape index (κ2) is 9.18. The highest BCUT2D eigenvalue weighted by Gasteiger charge is 2.53. The fourth-order valence-corrected chi connectivity index (χ4v) is 6.41. The number of nitrogens with zero attached hydrogens (tertiary/aromatic N) is 1. The number of carbonyl (C=O) groups excluding carboxylic acids is 1. The second-order valence-corrected chi connectivity index (χ2v) is 10.00. The maximum atomic E-state index is 13.0. The minimum Gasteiger partial charge on any atom is -0.378 e. The SMILES string of the molecule is CO[C@@H]1[C@@H](NC(=O)Cc2ccccc2)c2ccccc2C12CCN(Cc1cccs1)CC2. The largest absolute Gasteiger partial charge is 0.378 e. The number of methoxy groups -OCH3 is 1. The number of thiophene rings is 1. The molecule has 0 bridgehead atoms. The molecule has 5 heteroatoms. The summed E-state index contributed by atoms with van der Waals surface area (Å²) in [5.74, 6) is 0.0465. The third-order valence-corrected chi connectivity index (χ3v) is 8.03. The molecule has 0 unspecified atom stereocenters. The first-order valence-corrected chi connectivity index (χ1v) is 12.3. The van der Waals surface area contributed by atoms with E-state index >= 15 is 0 Å². The van der Waals surface area contributed by atoms with Crippen molar-refractivity contribution >= 4 is 17.2 Å². The Bertz CT molecular complexity index is 1040. The Labute approximate surface area is 194 Å². The van der Waals surface area contributed by atoms with Crippen LogP contribution in [0, 0.1) is 0 Å². The van der Waals surface area contributed by atoms with Gasteiger partial charge in [-0.1, -0.05) is 60.7 Å². The van der Waals surface area contributed by atoms with E-state index in [1.165, 1.54) is 16.0 Å². The Kier molecular flexibility index (Phi) is 6.13. The molecule has 32 heavy (non-hydrogen) atoms. The normalized spacial score (nSPS) is 22.0. The number of likely N-dealkylation sites (tertiary alicyclic amines) is 1. The number of ether oxygens (including phenoxy) is 1. The topological polar surface area (TPSA) is 41.6 Å².